The number of nitrogens with zero attached hydrogens (tertiary/aromatic N) is 2. The average molecular weight is 478 g/mol. The molecule has 0 saturated carbocycles. The van der Waals surface area contributed by atoms with Gasteiger partial charge in [0.2, 0.25) is 21.8 Å². The summed E-state index contributed by atoms with van der Waals surface area (Å²) < 4.78 is 39.4. The summed E-state index contributed by atoms with van der Waals surface area (Å²) in [5, 5.41) is 2.90. The molecular weight excluding hydrogens is 445 g/mol. The summed E-state index contributed by atoms with van der Waals surface area (Å²) in [4.78, 5) is 27.8. The summed E-state index contributed by atoms with van der Waals surface area (Å²) >= 11 is 0. The number of anilines is 1. The first-order valence-electron chi connectivity index (χ1n) is 10.9. The smallest absolute Gasteiger partial charge is 0.244 e. The summed E-state index contributed by atoms with van der Waals surface area (Å²) in [6, 6.07) is 13.1. The van der Waals surface area contributed by atoms with Crippen molar-refractivity contribution in [2.45, 2.75) is 52.2 Å². The molecule has 1 N–H and O–H groups in total. The zero-order valence-corrected chi connectivity index (χ0v) is 20.3. The van der Waals surface area contributed by atoms with Crippen molar-refractivity contribution in [3.05, 3.63) is 66.0 Å². The van der Waals surface area contributed by atoms with Gasteiger partial charge in [0.15, 0.2) is 0 Å². The van der Waals surface area contributed by atoms with Crippen molar-refractivity contribution in [2.24, 2.45) is 0 Å². The van der Waals surface area contributed by atoms with Crippen LogP contribution in [0.5, 0.6) is 0 Å². The van der Waals surface area contributed by atoms with Crippen LogP contribution in [-0.4, -0.2) is 50.0 Å². The number of halogens is 1. The summed E-state index contributed by atoms with van der Waals surface area (Å²) in [5.41, 5.74) is 0.984. The molecule has 0 bridgehead atoms. The number of sulfonamides is 1. The summed E-state index contributed by atoms with van der Waals surface area (Å²) in [6.07, 6.45) is 2.09. The van der Waals surface area contributed by atoms with Gasteiger partial charge in [-0.05, 0) is 49.6 Å². The topological polar surface area (TPSA) is 86.8 Å². The number of benzene rings is 2. The number of rotatable bonds is 11. The van der Waals surface area contributed by atoms with Gasteiger partial charge in [0.05, 0.1) is 11.9 Å². The third kappa shape index (κ3) is 7.56. The maximum Gasteiger partial charge on any atom is 0.244 e. The fourth-order valence-corrected chi connectivity index (χ4v) is 4.20. The van der Waals surface area contributed by atoms with Gasteiger partial charge in [0.1, 0.15) is 18.4 Å². The quantitative estimate of drug-likeness (QED) is 0.538. The van der Waals surface area contributed by atoms with Crippen LogP contribution in [0.15, 0.2) is 54.6 Å². The Labute approximate surface area is 195 Å². The molecule has 33 heavy (non-hydrogen) atoms. The molecule has 0 unspecified atom stereocenters. The lowest BCUT2D eigenvalue weighted by molar-refractivity contribution is -0.140. The van der Waals surface area contributed by atoms with Crippen LogP contribution in [-0.2, 0) is 26.2 Å². The molecule has 2 aromatic carbocycles. The standard InChI is InChI=1S/C24H32FN3O4S/c1-5-18(3)26-24(30)22(6-2)27(16-19-12-14-20(25)15-13-19)23(29)17-28(33(4,31)32)21-10-8-7-9-11-21/h7-15,18,22H,5-6,16-17H2,1-4H3,(H,26,30)/t18-,22-/m0/s1. The molecule has 0 aliphatic carbocycles. The van der Waals surface area contributed by atoms with E-state index in [-0.39, 0.29) is 18.5 Å². The number of carbonyl (C=O) groups is 2. The predicted molar refractivity (Wildman–Crippen MR) is 128 cm³/mol. The van der Waals surface area contributed by atoms with E-state index in [1.54, 1.807) is 49.4 Å². The number of amides is 2. The second-order valence-electron chi connectivity index (χ2n) is 8.00. The third-order valence-corrected chi connectivity index (χ3v) is 6.52. The molecule has 2 amide bonds. The van der Waals surface area contributed by atoms with E-state index in [4.69, 9.17) is 0 Å². The lowest BCUT2D eigenvalue weighted by atomic mass is 10.1. The summed E-state index contributed by atoms with van der Waals surface area (Å²) in [7, 11) is -3.76. The Bertz CT molecular complexity index is 1030. The molecule has 0 saturated heterocycles. The van der Waals surface area contributed by atoms with E-state index in [1.807, 2.05) is 13.8 Å². The first-order valence-corrected chi connectivity index (χ1v) is 12.8. The molecule has 0 aromatic heterocycles. The van der Waals surface area contributed by atoms with Crippen molar-refractivity contribution in [1.29, 1.82) is 0 Å². The van der Waals surface area contributed by atoms with E-state index in [0.29, 0.717) is 17.7 Å². The molecule has 2 atom stereocenters. The minimum absolute atomic E-state index is 0.0396. The minimum atomic E-state index is -3.76. The maximum atomic E-state index is 13.5. The molecule has 0 aliphatic heterocycles. The van der Waals surface area contributed by atoms with E-state index < -0.39 is 34.3 Å². The normalized spacial score (nSPS) is 13.1. The van der Waals surface area contributed by atoms with Crippen LogP contribution in [0.2, 0.25) is 0 Å². The number of hydrogen-bond acceptors (Lipinski definition) is 4. The van der Waals surface area contributed by atoms with Crippen LogP contribution < -0.4 is 9.62 Å². The highest BCUT2D eigenvalue weighted by Gasteiger charge is 2.32. The third-order valence-electron chi connectivity index (χ3n) is 5.38. The van der Waals surface area contributed by atoms with E-state index >= 15 is 0 Å². The van der Waals surface area contributed by atoms with Crippen LogP contribution in [0.25, 0.3) is 0 Å². The lowest BCUT2D eigenvalue weighted by Crippen LogP contribution is -2.53. The van der Waals surface area contributed by atoms with Crippen LogP contribution in [0.4, 0.5) is 10.1 Å². The molecular formula is C24H32FN3O4S. The Kier molecular flexibility index (Phi) is 9.40. The number of nitrogens with one attached hydrogen (secondary N) is 1. The van der Waals surface area contributed by atoms with Gasteiger partial charge in [0, 0.05) is 12.6 Å². The van der Waals surface area contributed by atoms with Crippen LogP contribution in [0.3, 0.4) is 0 Å². The molecule has 2 aromatic rings. The molecule has 0 fully saturated rings. The van der Waals surface area contributed by atoms with Crippen molar-refractivity contribution in [3.8, 4) is 0 Å². The zero-order valence-electron chi connectivity index (χ0n) is 19.5. The number of hydrogen-bond donors (Lipinski definition) is 1. The molecule has 0 heterocycles. The molecule has 0 spiro atoms. The second kappa shape index (κ2) is 11.8. The highest BCUT2D eigenvalue weighted by atomic mass is 32.2. The molecule has 7 nitrogen and oxygen atoms in total. The minimum Gasteiger partial charge on any atom is -0.352 e. The van der Waals surface area contributed by atoms with Gasteiger partial charge in [-0.1, -0.05) is 44.2 Å². The zero-order chi connectivity index (χ0) is 24.6. The van der Waals surface area contributed by atoms with Gasteiger partial charge in [-0.3, -0.25) is 13.9 Å². The van der Waals surface area contributed by atoms with Crippen molar-refractivity contribution in [3.63, 3.8) is 0 Å². The Balaban J connectivity index is 2.40. The Hall–Kier alpha value is -2.94. The molecule has 180 valence electrons. The Morgan fingerprint density at radius 2 is 1.61 bits per heavy atom. The lowest BCUT2D eigenvalue weighted by Gasteiger charge is -2.33. The van der Waals surface area contributed by atoms with Crippen LogP contribution >= 0.6 is 0 Å². The first-order chi connectivity index (χ1) is 15.6. The van der Waals surface area contributed by atoms with Crippen molar-refractivity contribution < 1.29 is 22.4 Å². The SMILES string of the molecule is CC[C@H](C)NC(=O)[C@H](CC)N(Cc1ccc(F)cc1)C(=O)CN(c1ccccc1)S(C)(=O)=O. The van der Waals surface area contributed by atoms with Crippen molar-refractivity contribution >= 4 is 27.5 Å². The Morgan fingerprint density at radius 3 is 2.12 bits per heavy atom. The monoisotopic (exact) mass is 477 g/mol. The van der Waals surface area contributed by atoms with E-state index in [2.05, 4.69) is 5.32 Å². The molecule has 0 radical (unpaired) electrons. The highest BCUT2D eigenvalue weighted by molar-refractivity contribution is 7.92. The summed E-state index contributed by atoms with van der Waals surface area (Å²) in [6.45, 7) is 5.18. The van der Waals surface area contributed by atoms with Crippen molar-refractivity contribution in [1.82, 2.24) is 10.2 Å². The highest BCUT2D eigenvalue weighted by Crippen LogP contribution is 2.19. The van der Waals surface area contributed by atoms with E-state index in [9.17, 15) is 22.4 Å². The van der Waals surface area contributed by atoms with Crippen molar-refractivity contribution in [2.75, 3.05) is 17.1 Å². The van der Waals surface area contributed by atoms with E-state index in [0.717, 1.165) is 17.0 Å². The molecule has 2 rings (SSSR count). The van der Waals surface area contributed by atoms with Gasteiger partial charge < -0.3 is 10.2 Å². The summed E-state index contributed by atoms with van der Waals surface area (Å²) in [5.74, 6) is -1.25. The van der Waals surface area contributed by atoms with E-state index in [1.165, 1.54) is 17.0 Å². The Morgan fingerprint density at radius 1 is 1.00 bits per heavy atom. The van der Waals surface area contributed by atoms with Gasteiger partial charge in [-0.2, -0.15) is 0 Å². The van der Waals surface area contributed by atoms with Gasteiger partial charge in [-0.15, -0.1) is 0 Å². The molecule has 0 aliphatic rings. The maximum absolute atomic E-state index is 13.5. The van der Waals surface area contributed by atoms with Gasteiger partial charge in [-0.25, -0.2) is 12.8 Å². The number of para-hydroxylation sites is 1. The fourth-order valence-electron chi connectivity index (χ4n) is 3.36. The van der Waals surface area contributed by atoms with Crippen LogP contribution in [0.1, 0.15) is 39.2 Å². The second-order valence-corrected chi connectivity index (χ2v) is 9.90. The average Bonchev–Trinajstić information content (AvgIpc) is 2.78. The molecule has 9 heteroatoms. The predicted octanol–water partition coefficient (Wildman–Crippen LogP) is 3.31. The first kappa shape index (κ1) is 26.3. The van der Waals surface area contributed by atoms with Gasteiger partial charge >= 0.3 is 0 Å². The van der Waals surface area contributed by atoms with Crippen LogP contribution in [0, 0.1) is 5.82 Å². The fraction of sp³-hybridized carbons (Fsp3) is 0.417. The largest absolute Gasteiger partial charge is 0.352 e. The van der Waals surface area contributed by atoms with Gasteiger partial charge in [0.25, 0.3) is 0 Å². The number of carbonyl (C=O) groups excluding carboxylic acids is 2.